The molecule has 0 heterocycles. The van der Waals surface area contributed by atoms with Gasteiger partial charge in [-0.2, -0.15) is 0 Å². The van der Waals surface area contributed by atoms with E-state index in [-0.39, 0.29) is 34.3 Å². The molecule has 3 aromatic rings. The molecular weight excluding hydrogens is 471 g/mol. The molecule has 0 radical (unpaired) electrons. The standard InChI is InChI=1S/C23H22ClFN2O5S/c1-27(17-5-3-16(25)4-6-17)33(29,30)20-11-12-22(24)21(15-20)23(28)26-13-14-32-19-9-7-18(31-2)8-10-19/h3-12,15H,13-14H2,1-2H3,(H,26,28). The highest BCUT2D eigenvalue weighted by atomic mass is 35.5. The minimum absolute atomic E-state index is 0.00898. The van der Waals surface area contributed by atoms with Gasteiger partial charge in [-0.25, -0.2) is 12.8 Å². The van der Waals surface area contributed by atoms with E-state index in [9.17, 15) is 17.6 Å². The second kappa shape index (κ2) is 10.5. The lowest BCUT2D eigenvalue weighted by Gasteiger charge is -2.20. The number of anilines is 1. The van der Waals surface area contributed by atoms with Gasteiger partial charge >= 0.3 is 0 Å². The number of carbonyl (C=O) groups excluding carboxylic acids is 1. The van der Waals surface area contributed by atoms with Crippen molar-refractivity contribution in [2.24, 2.45) is 0 Å². The number of carbonyl (C=O) groups is 1. The molecule has 0 bridgehead atoms. The quantitative estimate of drug-likeness (QED) is 0.454. The van der Waals surface area contributed by atoms with Gasteiger partial charge in [-0.05, 0) is 66.7 Å². The van der Waals surface area contributed by atoms with Crippen molar-refractivity contribution in [3.63, 3.8) is 0 Å². The lowest BCUT2D eigenvalue weighted by atomic mass is 10.2. The Morgan fingerprint density at radius 1 is 1.03 bits per heavy atom. The molecule has 0 aliphatic heterocycles. The first-order chi connectivity index (χ1) is 15.7. The summed E-state index contributed by atoms with van der Waals surface area (Å²) in [6.45, 7) is 0.370. The number of hydrogen-bond donors (Lipinski definition) is 1. The zero-order valence-electron chi connectivity index (χ0n) is 17.9. The number of amides is 1. The Hall–Kier alpha value is -3.30. The number of rotatable bonds is 9. The lowest BCUT2D eigenvalue weighted by molar-refractivity contribution is 0.0947. The number of hydrogen-bond acceptors (Lipinski definition) is 5. The summed E-state index contributed by atoms with van der Waals surface area (Å²) in [5.41, 5.74) is 0.280. The Bertz CT molecular complexity index is 1220. The minimum atomic E-state index is -4.01. The third-order valence-electron chi connectivity index (χ3n) is 4.75. The van der Waals surface area contributed by atoms with Crippen molar-refractivity contribution < 1.29 is 27.1 Å². The maximum absolute atomic E-state index is 13.2. The van der Waals surface area contributed by atoms with Crippen molar-refractivity contribution in [3.05, 3.63) is 83.1 Å². The number of nitrogens with one attached hydrogen (secondary N) is 1. The second-order valence-electron chi connectivity index (χ2n) is 6.87. The minimum Gasteiger partial charge on any atom is -0.497 e. The normalized spacial score (nSPS) is 11.0. The van der Waals surface area contributed by atoms with E-state index in [1.165, 1.54) is 37.4 Å². The zero-order valence-corrected chi connectivity index (χ0v) is 19.5. The highest BCUT2D eigenvalue weighted by Crippen LogP contribution is 2.26. The van der Waals surface area contributed by atoms with Crippen LogP contribution in [0.2, 0.25) is 5.02 Å². The fourth-order valence-corrected chi connectivity index (χ4v) is 4.31. The van der Waals surface area contributed by atoms with E-state index >= 15 is 0 Å². The molecule has 0 spiro atoms. The van der Waals surface area contributed by atoms with Crippen molar-refractivity contribution in [2.45, 2.75) is 4.90 Å². The van der Waals surface area contributed by atoms with E-state index < -0.39 is 21.7 Å². The summed E-state index contributed by atoms with van der Waals surface area (Å²) in [5, 5.41) is 2.76. The fourth-order valence-electron chi connectivity index (χ4n) is 2.89. The van der Waals surface area contributed by atoms with E-state index in [4.69, 9.17) is 21.1 Å². The average Bonchev–Trinajstić information content (AvgIpc) is 2.82. The van der Waals surface area contributed by atoms with Crippen LogP contribution in [0.1, 0.15) is 10.4 Å². The number of methoxy groups -OCH3 is 1. The van der Waals surface area contributed by atoms with Crippen LogP contribution in [0.15, 0.2) is 71.6 Å². The Labute approximate surface area is 196 Å². The maximum atomic E-state index is 13.2. The molecule has 3 rings (SSSR count). The fraction of sp³-hybridized carbons (Fsp3) is 0.174. The summed E-state index contributed by atoms with van der Waals surface area (Å²) < 4.78 is 50.8. The summed E-state index contributed by atoms with van der Waals surface area (Å²) in [6, 6.07) is 15.9. The number of halogens is 2. The van der Waals surface area contributed by atoms with Gasteiger partial charge in [-0.3, -0.25) is 9.10 Å². The van der Waals surface area contributed by atoms with E-state index in [2.05, 4.69) is 5.32 Å². The molecule has 33 heavy (non-hydrogen) atoms. The van der Waals surface area contributed by atoms with Crippen LogP contribution in [0.25, 0.3) is 0 Å². The van der Waals surface area contributed by atoms with Gasteiger partial charge in [0.2, 0.25) is 0 Å². The van der Waals surface area contributed by atoms with Gasteiger partial charge in [0.25, 0.3) is 15.9 Å². The van der Waals surface area contributed by atoms with Gasteiger partial charge in [0.15, 0.2) is 0 Å². The van der Waals surface area contributed by atoms with Crippen LogP contribution in [0.3, 0.4) is 0 Å². The number of ether oxygens (including phenoxy) is 2. The summed E-state index contributed by atoms with van der Waals surface area (Å²) in [5.74, 6) is 0.288. The molecule has 0 unspecified atom stereocenters. The van der Waals surface area contributed by atoms with Gasteiger partial charge in [-0.15, -0.1) is 0 Å². The third-order valence-corrected chi connectivity index (χ3v) is 6.86. The van der Waals surface area contributed by atoms with Crippen molar-refractivity contribution in [1.29, 1.82) is 0 Å². The monoisotopic (exact) mass is 492 g/mol. The molecule has 3 aromatic carbocycles. The molecule has 0 saturated heterocycles. The molecule has 10 heteroatoms. The smallest absolute Gasteiger partial charge is 0.264 e. The van der Waals surface area contributed by atoms with Gasteiger partial charge in [0.05, 0.1) is 34.8 Å². The van der Waals surface area contributed by atoms with Crippen LogP contribution in [-0.4, -0.2) is 41.6 Å². The summed E-state index contributed by atoms with van der Waals surface area (Å²) >= 11 is 6.14. The van der Waals surface area contributed by atoms with Crippen LogP contribution in [0.4, 0.5) is 10.1 Å². The molecule has 0 fully saturated rings. The van der Waals surface area contributed by atoms with Crippen LogP contribution in [-0.2, 0) is 10.0 Å². The first-order valence-corrected chi connectivity index (χ1v) is 11.6. The van der Waals surface area contributed by atoms with Crippen LogP contribution < -0.4 is 19.1 Å². The highest BCUT2D eigenvalue weighted by Gasteiger charge is 2.24. The highest BCUT2D eigenvalue weighted by molar-refractivity contribution is 7.92. The van der Waals surface area contributed by atoms with Gasteiger partial charge in [0.1, 0.15) is 23.9 Å². The molecule has 1 N–H and O–H groups in total. The van der Waals surface area contributed by atoms with Gasteiger partial charge < -0.3 is 14.8 Å². The molecular formula is C23H22ClFN2O5S. The molecule has 1 amide bonds. The number of sulfonamides is 1. The molecule has 0 aromatic heterocycles. The Morgan fingerprint density at radius 3 is 2.30 bits per heavy atom. The van der Waals surface area contributed by atoms with Crippen molar-refractivity contribution in [3.8, 4) is 11.5 Å². The molecule has 0 aliphatic rings. The van der Waals surface area contributed by atoms with Crippen LogP contribution in [0.5, 0.6) is 11.5 Å². The van der Waals surface area contributed by atoms with Crippen LogP contribution >= 0.6 is 11.6 Å². The lowest BCUT2D eigenvalue weighted by Crippen LogP contribution is -2.29. The van der Waals surface area contributed by atoms with E-state index in [1.807, 2.05) is 0 Å². The molecule has 174 valence electrons. The van der Waals surface area contributed by atoms with Crippen LogP contribution in [0, 0.1) is 5.82 Å². The summed E-state index contributed by atoms with van der Waals surface area (Å²) in [6.07, 6.45) is 0. The molecule has 7 nitrogen and oxygen atoms in total. The SMILES string of the molecule is COc1ccc(OCCNC(=O)c2cc(S(=O)(=O)N(C)c3ccc(F)cc3)ccc2Cl)cc1. The number of nitrogens with zero attached hydrogens (tertiary/aromatic N) is 1. The van der Waals surface area contributed by atoms with E-state index in [0.29, 0.717) is 11.5 Å². The van der Waals surface area contributed by atoms with Crippen molar-refractivity contribution >= 4 is 33.2 Å². The van der Waals surface area contributed by atoms with Gasteiger partial charge in [-0.1, -0.05) is 11.6 Å². The number of benzene rings is 3. The first-order valence-electron chi connectivity index (χ1n) is 9.81. The Morgan fingerprint density at radius 2 is 1.67 bits per heavy atom. The average molecular weight is 493 g/mol. The van der Waals surface area contributed by atoms with Crippen molar-refractivity contribution in [2.75, 3.05) is 31.6 Å². The third kappa shape index (κ3) is 5.94. The molecule has 0 aliphatic carbocycles. The first kappa shape index (κ1) is 24.3. The molecule has 0 saturated carbocycles. The Balaban J connectivity index is 1.66. The van der Waals surface area contributed by atoms with Crippen molar-refractivity contribution in [1.82, 2.24) is 5.32 Å². The summed E-state index contributed by atoms with van der Waals surface area (Å²) in [4.78, 5) is 12.5. The molecule has 0 atom stereocenters. The van der Waals surface area contributed by atoms with E-state index in [1.54, 1.807) is 31.4 Å². The van der Waals surface area contributed by atoms with E-state index in [0.717, 1.165) is 16.4 Å². The van der Waals surface area contributed by atoms with Gasteiger partial charge in [0, 0.05) is 7.05 Å². The predicted octanol–water partition coefficient (Wildman–Crippen LogP) is 4.12. The zero-order chi connectivity index (χ0) is 24.0. The maximum Gasteiger partial charge on any atom is 0.264 e. The Kier molecular flexibility index (Phi) is 7.78. The summed E-state index contributed by atoms with van der Waals surface area (Å²) in [7, 11) is -1.10. The topological polar surface area (TPSA) is 84.9 Å². The second-order valence-corrected chi connectivity index (χ2v) is 9.25. The predicted molar refractivity (Wildman–Crippen MR) is 124 cm³/mol. The largest absolute Gasteiger partial charge is 0.497 e.